The molecule has 0 saturated heterocycles. The van der Waals surface area contributed by atoms with Gasteiger partial charge in [0.25, 0.3) is 0 Å². The number of aryl methyl sites for hydroxylation is 1. The Kier molecular flexibility index (Phi) is 3.43. The number of benzene rings is 1. The topological polar surface area (TPSA) is 55.6 Å². The Labute approximate surface area is 102 Å². The highest BCUT2D eigenvalue weighted by atomic mass is 32.1. The fourth-order valence-electron chi connectivity index (χ4n) is 1.45. The van der Waals surface area contributed by atoms with Gasteiger partial charge >= 0.3 is 6.09 Å². The highest BCUT2D eigenvalue weighted by Crippen LogP contribution is 2.14. The molecule has 90 valence electrons. The van der Waals surface area contributed by atoms with Crippen LogP contribution in [0.25, 0.3) is 10.2 Å². The Bertz CT molecular complexity index is 600. The van der Waals surface area contributed by atoms with Gasteiger partial charge in [0, 0.05) is 7.05 Å². The minimum atomic E-state index is -0.537. The molecule has 0 aliphatic rings. The smallest absolute Gasteiger partial charge is 0.427 e. The molecule has 1 amide bonds. The predicted octanol–water partition coefficient (Wildman–Crippen LogP) is 1.80. The fourth-order valence-corrected chi connectivity index (χ4v) is 2.42. The molecular formula is C11H13N3O2S. The first kappa shape index (κ1) is 11.7. The Morgan fingerprint density at radius 3 is 3.00 bits per heavy atom. The van der Waals surface area contributed by atoms with Gasteiger partial charge < -0.3 is 9.30 Å². The van der Waals surface area contributed by atoms with Crippen LogP contribution in [0.5, 0.6) is 0 Å². The number of fused-ring (bicyclic) bond motifs is 1. The number of aromatic nitrogens is 1. The summed E-state index contributed by atoms with van der Waals surface area (Å²) in [6.45, 7) is 2.08. The van der Waals surface area contributed by atoms with Crippen LogP contribution in [0.3, 0.4) is 0 Å². The standard InChI is InChI=1S/C11H13N3O2S/c1-3-16-11(15)13-12-10-14(2)8-6-4-5-7-9(8)17-10/h4-7H,3H2,1-2H3,(H,13,15)/b12-10-. The van der Waals surface area contributed by atoms with Gasteiger partial charge in [0.1, 0.15) is 0 Å². The van der Waals surface area contributed by atoms with Gasteiger partial charge in [0.15, 0.2) is 0 Å². The molecule has 17 heavy (non-hydrogen) atoms. The summed E-state index contributed by atoms with van der Waals surface area (Å²) in [6.07, 6.45) is -0.537. The third kappa shape index (κ3) is 2.47. The van der Waals surface area contributed by atoms with E-state index >= 15 is 0 Å². The second-order valence-corrected chi connectivity index (χ2v) is 4.36. The van der Waals surface area contributed by atoms with Crippen LogP contribution in [0.1, 0.15) is 6.92 Å². The van der Waals surface area contributed by atoms with E-state index in [2.05, 4.69) is 10.5 Å². The molecule has 0 radical (unpaired) electrons. The monoisotopic (exact) mass is 251 g/mol. The molecule has 1 aromatic carbocycles. The van der Waals surface area contributed by atoms with E-state index in [9.17, 15) is 4.79 Å². The molecule has 1 N–H and O–H groups in total. The van der Waals surface area contributed by atoms with Gasteiger partial charge in [-0.05, 0) is 19.1 Å². The highest BCUT2D eigenvalue weighted by Gasteiger charge is 2.02. The maximum absolute atomic E-state index is 11.1. The van der Waals surface area contributed by atoms with Crippen molar-refractivity contribution in [3.8, 4) is 0 Å². The Hall–Kier alpha value is -1.82. The van der Waals surface area contributed by atoms with Crippen molar-refractivity contribution in [3.63, 3.8) is 0 Å². The van der Waals surface area contributed by atoms with Crippen molar-refractivity contribution in [2.45, 2.75) is 6.92 Å². The molecule has 0 atom stereocenters. The summed E-state index contributed by atoms with van der Waals surface area (Å²) in [5.41, 5.74) is 3.44. The lowest BCUT2D eigenvalue weighted by molar-refractivity contribution is 0.152. The largest absolute Gasteiger partial charge is 0.449 e. The Balaban J connectivity index is 2.32. The SMILES string of the molecule is CCOC(=O)N/N=c1\sc2ccccc2n1C. The van der Waals surface area contributed by atoms with Gasteiger partial charge in [-0.3, -0.25) is 0 Å². The number of nitrogens with zero attached hydrogens (tertiary/aromatic N) is 2. The van der Waals surface area contributed by atoms with Crippen LogP contribution in [-0.2, 0) is 11.8 Å². The highest BCUT2D eigenvalue weighted by molar-refractivity contribution is 7.16. The van der Waals surface area contributed by atoms with Crippen molar-refractivity contribution in [3.05, 3.63) is 29.1 Å². The van der Waals surface area contributed by atoms with Crippen LogP contribution < -0.4 is 10.2 Å². The van der Waals surface area contributed by atoms with E-state index in [1.165, 1.54) is 11.3 Å². The quantitative estimate of drug-likeness (QED) is 0.827. The molecular weight excluding hydrogens is 238 g/mol. The molecule has 0 fully saturated rings. The number of hydrogen-bond acceptors (Lipinski definition) is 4. The molecule has 0 unspecified atom stereocenters. The first-order valence-electron chi connectivity index (χ1n) is 5.23. The van der Waals surface area contributed by atoms with Crippen molar-refractivity contribution in [2.75, 3.05) is 6.61 Å². The van der Waals surface area contributed by atoms with Crippen molar-refractivity contribution < 1.29 is 9.53 Å². The Morgan fingerprint density at radius 1 is 1.53 bits per heavy atom. The third-order valence-corrected chi connectivity index (χ3v) is 3.35. The third-order valence-electron chi connectivity index (χ3n) is 2.23. The maximum atomic E-state index is 11.1. The zero-order valence-corrected chi connectivity index (χ0v) is 10.5. The van der Waals surface area contributed by atoms with Gasteiger partial charge in [-0.15, -0.1) is 5.10 Å². The molecule has 1 heterocycles. The Morgan fingerprint density at radius 2 is 2.29 bits per heavy atom. The molecule has 2 aromatic rings. The van der Waals surface area contributed by atoms with E-state index in [0.29, 0.717) is 6.61 Å². The molecule has 1 aromatic heterocycles. The number of ether oxygens (including phenoxy) is 1. The van der Waals surface area contributed by atoms with Gasteiger partial charge in [-0.1, -0.05) is 23.5 Å². The van der Waals surface area contributed by atoms with E-state index in [-0.39, 0.29) is 0 Å². The molecule has 0 aliphatic heterocycles. The van der Waals surface area contributed by atoms with Crippen molar-refractivity contribution >= 4 is 27.6 Å². The molecule has 0 bridgehead atoms. The van der Waals surface area contributed by atoms with Crippen molar-refractivity contribution in [2.24, 2.45) is 12.1 Å². The number of carbonyl (C=O) groups excluding carboxylic acids is 1. The van der Waals surface area contributed by atoms with Crippen molar-refractivity contribution in [1.29, 1.82) is 0 Å². The van der Waals surface area contributed by atoms with Gasteiger partial charge in [-0.2, -0.15) is 0 Å². The lowest BCUT2D eigenvalue weighted by Crippen LogP contribution is -2.23. The average Bonchev–Trinajstić information content (AvgIpc) is 2.65. The number of thiazole rings is 1. The average molecular weight is 251 g/mol. The number of hydrogen-bond donors (Lipinski definition) is 1. The van der Waals surface area contributed by atoms with Crippen LogP contribution in [0.4, 0.5) is 4.79 Å². The first-order chi connectivity index (χ1) is 8.22. The normalized spacial score (nSPS) is 11.8. The fraction of sp³-hybridized carbons (Fsp3) is 0.273. The number of carbonyl (C=O) groups is 1. The molecule has 0 spiro atoms. The van der Waals surface area contributed by atoms with Crippen molar-refractivity contribution in [1.82, 2.24) is 9.99 Å². The van der Waals surface area contributed by atoms with E-state index in [4.69, 9.17) is 4.74 Å². The first-order valence-corrected chi connectivity index (χ1v) is 6.05. The molecule has 5 nitrogen and oxygen atoms in total. The molecule has 6 heteroatoms. The summed E-state index contributed by atoms with van der Waals surface area (Å²) in [6, 6.07) is 7.97. The zero-order valence-electron chi connectivity index (χ0n) is 9.64. The van der Waals surface area contributed by atoms with E-state index < -0.39 is 6.09 Å². The summed E-state index contributed by atoms with van der Waals surface area (Å²) in [5, 5.41) is 4.02. The van der Waals surface area contributed by atoms with Crippen LogP contribution in [-0.4, -0.2) is 17.3 Å². The minimum absolute atomic E-state index is 0.333. The molecule has 0 aliphatic carbocycles. The van der Waals surface area contributed by atoms with E-state index in [1.54, 1.807) is 6.92 Å². The minimum Gasteiger partial charge on any atom is -0.449 e. The summed E-state index contributed by atoms with van der Waals surface area (Å²) in [4.78, 5) is 11.8. The maximum Gasteiger partial charge on any atom is 0.427 e. The zero-order chi connectivity index (χ0) is 12.3. The van der Waals surface area contributed by atoms with E-state index in [0.717, 1.165) is 15.0 Å². The molecule has 2 rings (SSSR count). The number of para-hydroxylation sites is 1. The lowest BCUT2D eigenvalue weighted by Gasteiger charge is -1.98. The number of rotatable bonds is 2. The summed E-state index contributed by atoms with van der Waals surface area (Å²) >= 11 is 1.51. The predicted molar refractivity (Wildman–Crippen MR) is 66.5 cm³/mol. The van der Waals surface area contributed by atoms with Gasteiger partial charge in [-0.25, -0.2) is 10.2 Å². The number of nitrogens with one attached hydrogen (secondary N) is 1. The van der Waals surface area contributed by atoms with Crippen LogP contribution in [0.15, 0.2) is 29.4 Å². The van der Waals surface area contributed by atoms with Gasteiger partial charge in [0.2, 0.25) is 4.80 Å². The van der Waals surface area contributed by atoms with Crippen LogP contribution >= 0.6 is 11.3 Å². The summed E-state index contributed by atoms with van der Waals surface area (Å²) in [7, 11) is 1.91. The van der Waals surface area contributed by atoms with Crippen LogP contribution in [0, 0.1) is 0 Å². The summed E-state index contributed by atoms with van der Waals surface area (Å²) in [5.74, 6) is 0. The number of amides is 1. The van der Waals surface area contributed by atoms with Crippen LogP contribution in [0.2, 0.25) is 0 Å². The second kappa shape index (κ2) is 5.01. The second-order valence-electron chi connectivity index (χ2n) is 3.36. The molecule has 0 saturated carbocycles. The van der Waals surface area contributed by atoms with Gasteiger partial charge in [0.05, 0.1) is 16.8 Å². The summed E-state index contributed by atoms with van der Waals surface area (Å²) < 4.78 is 7.78. The van der Waals surface area contributed by atoms with E-state index in [1.807, 2.05) is 35.9 Å². The lowest BCUT2D eigenvalue weighted by atomic mass is 10.3.